The maximum Gasteiger partial charge on any atom is 0.253 e. The van der Waals surface area contributed by atoms with E-state index in [9.17, 15) is 13.2 Å². The Morgan fingerprint density at radius 1 is 1.07 bits per heavy atom. The first-order valence-corrected chi connectivity index (χ1v) is 10.4. The fourth-order valence-electron chi connectivity index (χ4n) is 2.62. The summed E-state index contributed by atoms with van der Waals surface area (Å²) < 4.78 is 28.2. The van der Waals surface area contributed by atoms with E-state index in [0.717, 1.165) is 28.8 Å². The highest BCUT2D eigenvalue weighted by molar-refractivity contribution is 7.90. The molecule has 144 valence electrons. The molecule has 6 nitrogen and oxygen atoms in total. The Kier molecular flexibility index (Phi) is 5.75. The van der Waals surface area contributed by atoms with Gasteiger partial charge in [-0.05, 0) is 42.0 Å². The van der Waals surface area contributed by atoms with Crippen LogP contribution in [0.15, 0.2) is 71.8 Å². The number of benzene rings is 2. The topological polar surface area (TPSA) is 85.4 Å². The van der Waals surface area contributed by atoms with E-state index in [-0.39, 0.29) is 10.8 Å². The Balaban J connectivity index is 1.64. The Labute approximate surface area is 164 Å². The average Bonchev–Trinajstić information content (AvgIpc) is 2.72. The van der Waals surface area contributed by atoms with E-state index in [0.29, 0.717) is 12.1 Å². The van der Waals surface area contributed by atoms with Gasteiger partial charge in [0.25, 0.3) is 5.91 Å². The molecule has 0 aliphatic rings. The van der Waals surface area contributed by atoms with Crippen LogP contribution in [0.25, 0.3) is 11.3 Å². The van der Waals surface area contributed by atoms with Crippen molar-refractivity contribution in [2.45, 2.75) is 11.4 Å². The summed E-state index contributed by atoms with van der Waals surface area (Å²) in [7, 11) is -1.62. The standard InChI is InChI=1S/C21H20N2O4S/c1-27-18-5-3-4-16(12-18)20-11-8-17(14-22-20)21(24)23-13-15-6-9-19(10-7-15)28(2,25)26/h3-12,14H,13H2,1-2H3,(H,23,24). The number of amides is 1. The largest absolute Gasteiger partial charge is 0.497 e. The highest BCUT2D eigenvalue weighted by atomic mass is 32.2. The van der Waals surface area contributed by atoms with Crippen LogP contribution >= 0.6 is 0 Å². The molecule has 1 heterocycles. The smallest absolute Gasteiger partial charge is 0.253 e. The Morgan fingerprint density at radius 3 is 2.43 bits per heavy atom. The van der Waals surface area contributed by atoms with Gasteiger partial charge in [-0.3, -0.25) is 9.78 Å². The number of nitrogens with one attached hydrogen (secondary N) is 1. The predicted octanol–water partition coefficient (Wildman–Crippen LogP) is 3.09. The van der Waals surface area contributed by atoms with Crippen LogP contribution in [0.2, 0.25) is 0 Å². The lowest BCUT2D eigenvalue weighted by Crippen LogP contribution is -2.22. The first-order valence-electron chi connectivity index (χ1n) is 8.54. The number of sulfone groups is 1. The van der Waals surface area contributed by atoms with Gasteiger partial charge in [-0.2, -0.15) is 0 Å². The zero-order valence-corrected chi connectivity index (χ0v) is 16.4. The maximum absolute atomic E-state index is 12.3. The molecule has 1 N–H and O–H groups in total. The van der Waals surface area contributed by atoms with Crippen molar-refractivity contribution in [3.05, 3.63) is 78.0 Å². The summed E-state index contributed by atoms with van der Waals surface area (Å²) in [4.78, 5) is 16.9. The number of aromatic nitrogens is 1. The Bertz CT molecular complexity index is 1080. The van der Waals surface area contributed by atoms with Crippen molar-refractivity contribution in [1.82, 2.24) is 10.3 Å². The van der Waals surface area contributed by atoms with Crippen molar-refractivity contribution in [3.63, 3.8) is 0 Å². The molecule has 1 amide bonds. The molecule has 0 spiro atoms. The van der Waals surface area contributed by atoms with E-state index in [2.05, 4.69) is 10.3 Å². The van der Waals surface area contributed by atoms with Gasteiger partial charge >= 0.3 is 0 Å². The van der Waals surface area contributed by atoms with Crippen molar-refractivity contribution >= 4 is 15.7 Å². The number of nitrogens with zero attached hydrogens (tertiary/aromatic N) is 1. The van der Waals surface area contributed by atoms with Crippen molar-refractivity contribution < 1.29 is 17.9 Å². The number of pyridine rings is 1. The van der Waals surface area contributed by atoms with Crippen LogP contribution in [0, 0.1) is 0 Å². The molecule has 0 saturated heterocycles. The second kappa shape index (κ2) is 8.22. The number of methoxy groups -OCH3 is 1. The third kappa shape index (κ3) is 4.75. The van der Waals surface area contributed by atoms with Gasteiger partial charge in [0.2, 0.25) is 0 Å². The van der Waals surface area contributed by atoms with E-state index >= 15 is 0 Å². The number of carbonyl (C=O) groups excluding carboxylic acids is 1. The SMILES string of the molecule is COc1cccc(-c2ccc(C(=O)NCc3ccc(S(C)(=O)=O)cc3)cn2)c1. The van der Waals surface area contributed by atoms with E-state index < -0.39 is 9.84 Å². The quantitative estimate of drug-likeness (QED) is 0.692. The molecule has 0 aliphatic carbocycles. The van der Waals surface area contributed by atoms with Crippen LogP contribution in [0.3, 0.4) is 0 Å². The van der Waals surface area contributed by atoms with Crippen LogP contribution in [0.5, 0.6) is 5.75 Å². The molecule has 0 radical (unpaired) electrons. The second-order valence-corrected chi connectivity index (χ2v) is 8.28. The van der Waals surface area contributed by atoms with Gasteiger partial charge in [0, 0.05) is 24.6 Å². The highest BCUT2D eigenvalue weighted by Crippen LogP contribution is 2.22. The van der Waals surface area contributed by atoms with Crippen LogP contribution < -0.4 is 10.1 Å². The molecule has 0 fully saturated rings. The first-order chi connectivity index (χ1) is 13.4. The van der Waals surface area contributed by atoms with E-state index in [1.54, 1.807) is 31.4 Å². The minimum Gasteiger partial charge on any atom is -0.497 e. The van der Waals surface area contributed by atoms with E-state index in [1.807, 2.05) is 24.3 Å². The molecular weight excluding hydrogens is 376 g/mol. The number of carbonyl (C=O) groups is 1. The van der Waals surface area contributed by atoms with Crippen LogP contribution in [0.4, 0.5) is 0 Å². The summed E-state index contributed by atoms with van der Waals surface area (Å²) in [5.41, 5.74) is 2.89. The third-order valence-corrected chi connectivity index (χ3v) is 5.32. The summed E-state index contributed by atoms with van der Waals surface area (Å²) in [6.45, 7) is 0.292. The summed E-state index contributed by atoms with van der Waals surface area (Å²) in [5, 5.41) is 2.80. The minimum atomic E-state index is -3.23. The lowest BCUT2D eigenvalue weighted by molar-refractivity contribution is 0.0950. The summed E-state index contributed by atoms with van der Waals surface area (Å²) in [5.74, 6) is 0.486. The molecule has 3 rings (SSSR count). The monoisotopic (exact) mass is 396 g/mol. The molecule has 7 heteroatoms. The molecule has 3 aromatic rings. The van der Waals surface area contributed by atoms with Crippen LogP contribution in [0.1, 0.15) is 15.9 Å². The third-order valence-electron chi connectivity index (χ3n) is 4.20. The lowest BCUT2D eigenvalue weighted by atomic mass is 10.1. The molecule has 0 bridgehead atoms. The summed E-state index contributed by atoms with van der Waals surface area (Å²) in [6.07, 6.45) is 2.68. The van der Waals surface area contributed by atoms with Crippen molar-refractivity contribution in [1.29, 1.82) is 0 Å². The van der Waals surface area contributed by atoms with Gasteiger partial charge < -0.3 is 10.1 Å². The van der Waals surface area contributed by atoms with Crippen LogP contribution in [-0.4, -0.2) is 32.7 Å². The highest BCUT2D eigenvalue weighted by Gasteiger charge is 2.09. The number of hydrogen-bond acceptors (Lipinski definition) is 5. The molecule has 2 aromatic carbocycles. The Morgan fingerprint density at radius 2 is 1.82 bits per heavy atom. The molecule has 0 atom stereocenters. The van der Waals surface area contributed by atoms with Gasteiger partial charge in [-0.25, -0.2) is 8.42 Å². The normalized spacial score (nSPS) is 11.1. The van der Waals surface area contributed by atoms with Gasteiger partial charge in [-0.15, -0.1) is 0 Å². The van der Waals surface area contributed by atoms with Gasteiger partial charge in [-0.1, -0.05) is 24.3 Å². The van der Waals surface area contributed by atoms with Gasteiger partial charge in [0.1, 0.15) is 5.75 Å². The fraction of sp³-hybridized carbons (Fsp3) is 0.143. The first kappa shape index (κ1) is 19.6. The zero-order valence-electron chi connectivity index (χ0n) is 15.5. The maximum atomic E-state index is 12.3. The van der Waals surface area contributed by atoms with E-state index in [4.69, 9.17) is 4.74 Å². The number of ether oxygens (including phenoxy) is 1. The van der Waals surface area contributed by atoms with Crippen molar-refractivity contribution in [3.8, 4) is 17.0 Å². The summed E-state index contributed by atoms with van der Waals surface area (Å²) in [6, 6.07) is 17.4. The Hall–Kier alpha value is -3.19. The van der Waals surface area contributed by atoms with Crippen molar-refractivity contribution in [2.75, 3.05) is 13.4 Å². The fourth-order valence-corrected chi connectivity index (χ4v) is 3.25. The molecule has 0 unspecified atom stereocenters. The van der Waals surface area contributed by atoms with Crippen molar-refractivity contribution in [2.24, 2.45) is 0 Å². The van der Waals surface area contributed by atoms with Gasteiger partial charge in [0.05, 0.1) is 23.3 Å². The second-order valence-electron chi connectivity index (χ2n) is 6.26. The molecule has 0 saturated carbocycles. The summed E-state index contributed by atoms with van der Waals surface area (Å²) >= 11 is 0. The molecule has 28 heavy (non-hydrogen) atoms. The molecular formula is C21H20N2O4S. The van der Waals surface area contributed by atoms with Gasteiger partial charge in [0.15, 0.2) is 9.84 Å². The predicted molar refractivity (Wildman–Crippen MR) is 107 cm³/mol. The number of hydrogen-bond donors (Lipinski definition) is 1. The lowest BCUT2D eigenvalue weighted by Gasteiger charge is -2.07. The number of rotatable bonds is 6. The molecule has 1 aromatic heterocycles. The van der Waals surface area contributed by atoms with Crippen LogP contribution in [-0.2, 0) is 16.4 Å². The average molecular weight is 396 g/mol. The zero-order chi connectivity index (χ0) is 20.1. The minimum absolute atomic E-state index is 0.250. The molecule has 0 aliphatic heterocycles. The van der Waals surface area contributed by atoms with E-state index in [1.165, 1.54) is 18.3 Å².